The maximum absolute atomic E-state index is 12.7. The Labute approximate surface area is 179 Å². The number of hydrogen-bond donors (Lipinski definition) is 0. The molecular weight excluding hydrogens is 374 g/mol. The van der Waals surface area contributed by atoms with Gasteiger partial charge in [0, 0.05) is 18.9 Å². The molecule has 4 heteroatoms. The van der Waals surface area contributed by atoms with Crippen molar-refractivity contribution in [3.05, 3.63) is 70.8 Å². The molecule has 158 valence electrons. The lowest BCUT2D eigenvalue weighted by Gasteiger charge is -2.42. The molecule has 0 aromatic heterocycles. The first-order valence-electron chi connectivity index (χ1n) is 11.3. The molecule has 2 saturated heterocycles. The monoisotopic (exact) mass is 405 g/mol. The molecule has 5 atom stereocenters. The van der Waals surface area contributed by atoms with Gasteiger partial charge in [-0.05, 0) is 41.5 Å². The molecule has 0 bridgehead atoms. The van der Waals surface area contributed by atoms with E-state index in [9.17, 15) is 4.79 Å². The first kappa shape index (κ1) is 19.8. The van der Waals surface area contributed by atoms with E-state index in [1.54, 1.807) is 0 Å². The predicted molar refractivity (Wildman–Crippen MR) is 116 cm³/mol. The molecule has 2 heterocycles. The first-order chi connectivity index (χ1) is 14.6. The molecule has 2 aromatic carbocycles. The molecular formula is C26H31NO3. The molecule has 2 fully saturated rings. The van der Waals surface area contributed by atoms with Crippen LogP contribution in [-0.2, 0) is 20.7 Å². The molecule has 2 aromatic rings. The van der Waals surface area contributed by atoms with Gasteiger partial charge in [0.25, 0.3) is 0 Å². The summed E-state index contributed by atoms with van der Waals surface area (Å²) in [5, 5.41) is 0. The highest BCUT2D eigenvalue weighted by Crippen LogP contribution is 2.54. The van der Waals surface area contributed by atoms with Crippen LogP contribution >= 0.6 is 0 Å². The smallest absolute Gasteiger partial charge is 0.309 e. The van der Waals surface area contributed by atoms with Gasteiger partial charge >= 0.3 is 5.97 Å². The molecule has 0 spiro atoms. The number of rotatable bonds is 4. The fourth-order valence-corrected chi connectivity index (χ4v) is 5.84. The SMILES string of the molecule is CCOC(=O)[C@H]1C[C@H]2O[C@@H]3Cc4cccc(C(C)C)c4[C@@H]3N2[C@H](c2ccccc2)C1. The lowest BCUT2D eigenvalue weighted by molar-refractivity contribution is -0.155. The predicted octanol–water partition coefficient (Wildman–Crippen LogP) is 5.15. The normalized spacial score (nSPS) is 30.1. The summed E-state index contributed by atoms with van der Waals surface area (Å²) in [7, 11) is 0. The van der Waals surface area contributed by atoms with Gasteiger partial charge in [0.1, 0.15) is 6.23 Å². The Morgan fingerprint density at radius 3 is 2.67 bits per heavy atom. The lowest BCUT2D eigenvalue weighted by atomic mass is 9.84. The fourth-order valence-electron chi connectivity index (χ4n) is 5.84. The number of fused-ring (bicyclic) bond motifs is 5. The summed E-state index contributed by atoms with van der Waals surface area (Å²) in [6.45, 7) is 6.86. The van der Waals surface area contributed by atoms with Gasteiger partial charge < -0.3 is 9.47 Å². The van der Waals surface area contributed by atoms with Crippen LogP contribution in [0.15, 0.2) is 48.5 Å². The van der Waals surface area contributed by atoms with Gasteiger partial charge in [0.05, 0.1) is 24.7 Å². The van der Waals surface area contributed by atoms with E-state index in [0.717, 1.165) is 12.8 Å². The standard InChI is InChI=1S/C26H31NO3/c1-4-29-26(28)19-13-21(17-9-6-5-7-10-17)27-23(15-19)30-22-14-18-11-8-12-20(16(2)3)24(18)25(22)27/h5-12,16,19,21-23,25H,4,13-15H2,1-3H3/t19-,21+,22-,23-,25-/m1/s1. The molecule has 5 rings (SSSR count). The molecule has 30 heavy (non-hydrogen) atoms. The Hall–Kier alpha value is -2.17. The van der Waals surface area contributed by atoms with Crippen LogP contribution in [0.3, 0.4) is 0 Å². The molecule has 0 N–H and O–H groups in total. The van der Waals surface area contributed by atoms with Crippen molar-refractivity contribution in [3.8, 4) is 0 Å². The van der Waals surface area contributed by atoms with Crippen molar-refractivity contribution in [1.29, 1.82) is 0 Å². The van der Waals surface area contributed by atoms with Crippen LogP contribution in [0, 0.1) is 5.92 Å². The number of ether oxygens (including phenoxy) is 2. The highest BCUT2D eigenvalue weighted by atomic mass is 16.5. The minimum Gasteiger partial charge on any atom is -0.466 e. The molecule has 3 aliphatic rings. The Kier molecular flexibility index (Phi) is 5.16. The summed E-state index contributed by atoms with van der Waals surface area (Å²) in [4.78, 5) is 15.2. The minimum atomic E-state index is -0.116. The quantitative estimate of drug-likeness (QED) is 0.660. The third kappa shape index (κ3) is 3.17. The van der Waals surface area contributed by atoms with Crippen LogP contribution in [0.4, 0.5) is 0 Å². The van der Waals surface area contributed by atoms with Gasteiger partial charge in [-0.2, -0.15) is 0 Å². The highest BCUT2D eigenvalue weighted by Gasteiger charge is 2.54. The zero-order chi connectivity index (χ0) is 20.8. The van der Waals surface area contributed by atoms with Crippen LogP contribution < -0.4 is 0 Å². The number of nitrogens with zero attached hydrogens (tertiary/aromatic N) is 1. The van der Waals surface area contributed by atoms with Gasteiger partial charge in [-0.25, -0.2) is 0 Å². The molecule has 0 amide bonds. The van der Waals surface area contributed by atoms with Gasteiger partial charge in [-0.15, -0.1) is 0 Å². The van der Waals surface area contributed by atoms with Crippen molar-refractivity contribution in [2.45, 2.75) is 70.4 Å². The second kappa shape index (κ2) is 7.82. The Morgan fingerprint density at radius 2 is 1.93 bits per heavy atom. The van der Waals surface area contributed by atoms with Gasteiger partial charge in [-0.1, -0.05) is 62.4 Å². The fraction of sp³-hybridized carbons (Fsp3) is 0.500. The zero-order valence-corrected chi connectivity index (χ0v) is 18.1. The van der Waals surface area contributed by atoms with Crippen LogP contribution in [-0.4, -0.2) is 29.8 Å². The Balaban J connectivity index is 1.56. The second-order valence-electron chi connectivity index (χ2n) is 9.15. The maximum atomic E-state index is 12.7. The average Bonchev–Trinajstić information content (AvgIpc) is 3.28. The topological polar surface area (TPSA) is 38.8 Å². The van der Waals surface area contributed by atoms with E-state index in [4.69, 9.17) is 9.47 Å². The van der Waals surface area contributed by atoms with Crippen LogP contribution in [0.25, 0.3) is 0 Å². The molecule has 0 unspecified atom stereocenters. The number of hydrogen-bond acceptors (Lipinski definition) is 4. The number of carbonyl (C=O) groups excluding carboxylic acids is 1. The van der Waals surface area contributed by atoms with E-state index in [1.807, 2.05) is 6.92 Å². The van der Waals surface area contributed by atoms with E-state index in [0.29, 0.717) is 18.9 Å². The summed E-state index contributed by atoms with van der Waals surface area (Å²) in [6, 6.07) is 17.8. The first-order valence-corrected chi connectivity index (χ1v) is 11.3. The van der Waals surface area contributed by atoms with Crippen molar-refractivity contribution >= 4 is 5.97 Å². The number of esters is 1. The Morgan fingerprint density at radius 1 is 1.13 bits per heavy atom. The number of carbonyl (C=O) groups is 1. The third-order valence-electron chi connectivity index (χ3n) is 7.06. The van der Waals surface area contributed by atoms with E-state index in [2.05, 4.69) is 67.3 Å². The largest absolute Gasteiger partial charge is 0.466 e. The van der Waals surface area contributed by atoms with Crippen molar-refractivity contribution in [3.63, 3.8) is 0 Å². The van der Waals surface area contributed by atoms with Gasteiger partial charge in [-0.3, -0.25) is 9.69 Å². The van der Waals surface area contributed by atoms with Crippen LogP contribution in [0.2, 0.25) is 0 Å². The van der Waals surface area contributed by atoms with E-state index in [1.165, 1.54) is 22.3 Å². The summed E-state index contributed by atoms with van der Waals surface area (Å²) in [5.74, 6) is 0.280. The van der Waals surface area contributed by atoms with E-state index < -0.39 is 0 Å². The van der Waals surface area contributed by atoms with Gasteiger partial charge in [0.15, 0.2) is 0 Å². The van der Waals surface area contributed by atoms with E-state index in [-0.39, 0.29) is 36.3 Å². The van der Waals surface area contributed by atoms with Gasteiger partial charge in [0.2, 0.25) is 0 Å². The summed E-state index contributed by atoms with van der Waals surface area (Å²) >= 11 is 0. The van der Waals surface area contributed by atoms with Crippen molar-refractivity contribution in [2.24, 2.45) is 5.92 Å². The van der Waals surface area contributed by atoms with Crippen molar-refractivity contribution in [2.75, 3.05) is 6.61 Å². The second-order valence-corrected chi connectivity index (χ2v) is 9.15. The lowest BCUT2D eigenvalue weighted by Crippen LogP contribution is -2.44. The average molecular weight is 406 g/mol. The van der Waals surface area contributed by atoms with Crippen molar-refractivity contribution < 1.29 is 14.3 Å². The molecule has 4 nitrogen and oxygen atoms in total. The number of piperidine rings is 1. The zero-order valence-electron chi connectivity index (χ0n) is 18.1. The van der Waals surface area contributed by atoms with Crippen LogP contribution in [0.1, 0.15) is 73.9 Å². The number of benzene rings is 2. The third-order valence-corrected chi connectivity index (χ3v) is 7.06. The molecule has 0 radical (unpaired) electrons. The minimum absolute atomic E-state index is 0.0401. The van der Waals surface area contributed by atoms with Crippen molar-refractivity contribution in [1.82, 2.24) is 4.90 Å². The summed E-state index contributed by atoms with van der Waals surface area (Å²) in [5.41, 5.74) is 5.59. The highest BCUT2D eigenvalue weighted by molar-refractivity contribution is 5.72. The van der Waals surface area contributed by atoms with E-state index >= 15 is 0 Å². The maximum Gasteiger partial charge on any atom is 0.309 e. The molecule has 0 saturated carbocycles. The Bertz CT molecular complexity index is 925. The summed E-state index contributed by atoms with van der Waals surface area (Å²) in [6.07, 6.45) is 2.58. The summed E-state index contributed by atoms with van der Waals surface area (Å²) < 4.78 is 12.0. The molecule has 2 aliphatic heterocycles. The molecule has 1 aliphatic carbocycles. The van der Waals surface area contributed by atoms with Crippen LogP contribution in [0.5, 0.6) is 0 Å².